The van der Waals surface area contributed by atoms with Crippen molar-refractivity contribution >= 4 is 5.91 Å². The SMILES string of the molecule is O=C(NCCCOCc1ccccc1)c1ccc(OCC2CCCO2)cc1. The van der Waals surface area contributed by atoms with Gasteiger partial charge in [-0.1, -0.05) is 30.3 Å². The van der Waals surface area contributed by atoms with E-state index in [1.54, 1.807) is 12.1 Å². The summed E-state index contributed by atoms with van der Waals surface area (Å²) in [6.45, 7) is 3.19. The fraction of sp³-hybridized carbons (Fsp3) is 0.409. The maximum atomic E-state index is 12.2. The number of amides is 1. The smallest absolute Gasteiger partial charge is 0.251 e. The summed E-state index contributed by atoms with van der Waals surface area (Å²) in [4.78, 5) is 12.2. The van der Waals surface area contributed by atoms with Crippen molar-refractivity contribution in [2.45, 2.75) is 32.0 Å². The van der Waals surface area contributed by atoms with Gasteiger partial charge in [-0.25, -0.2) is 0 Å². The first-order valence-corrected chi connectivity index (χ1v) is 9.55. The van der Waals surface area contributed by atoms with Gasteiger partial charge >= 0.3 is 0 Å². The topological polar surface area (TPSA) is 56.8 Å². The lowest BCUT2D eigenvalue weighted by atomic mass is 10.2. The molecule has 3 rings (SSSR count). The van der Waals surface area contributed by atoms with E-state index in [1.165, 1.54) is 0 Å². The Morgan fingerprint density at radius 1 is 1.11 bits per heavy atom. The molecule has 5 heteroatoms. The second kappa shape index (κ2) is 10.7. The largest absolute Gasteiger partial charge is 0.491 e. The highest BCUT2D eigenvalue weighted by Gasteiger charge is 2.16. The Balaban J connectivity index is 1.29. The van der Waals surface area contributed by atoms with Gasteiger partial charge in [0.25, 0.3) is 5.91 Å². The number of rotatable bonds is 10. The van der Waals surface area contributed by atoms with Gasteiger partial charge in [-0.2, -0.15) is 0 Å². The molecule has 0 saturated carbocycles. The molecule has 0 bridgehead atoms. The van der Waals surface area contributed by atoms with Gasteiger partial charge in [0.15, 0.2) is 0 Å². The van der Waals surface area contributed by atoms with Crippen molar-refractivity contribution in [2.24, 2.45) is 0 Å². The van der Waals surface area contributed by atoms with Crippen molar-refractivity contribution in [3.05, 3.63) is 65.7 Å². The molecule has 1 atom stereocenters. The molecule has 1 amide bonds. The zero-order chi connectivity index (χ0) is 18.7. The first kappa shape index (κ1) is 19.4. The minimum absolute atomic E-state index is 0.0799. The second-order valence-corrected chi connectivity index (χ2v) is 6.62. The van der Waals surface area contributed by atoms with Gasteiger partial charge in [0.2, 0.25) is 0 Å². The van der Waals surface area contributed by atoms with Crippen molar-refractivity contribution in [3.63, 3.8) is 0 Å². The number of carbonyl (C=O) groups is 1. The third-order valence-corrected chi connectivity index (χ3v) is 4.44. The lowest BCUT2D eigenvalue weighted by Crippen LogP contribution is -2.25. The molecule has 2 aromatic carbocycles. The van der Waals surface area contributed by atoms with E-state index in [-0.39, 0.29) is 12.0 Å². The van der Waals surface area contributed by atoms with E-state index in [4.69, 9.17) is 14.2 Å². The van der Waals surface area contributed by atoms with Crippen LogP contribution in [0.2, 0.25) is 0 Å². The van der Waals surface area contributed by atoms with E-state index in [0.717, 1.165) is 37.2 Å². The number of benzene rings is 2. The Labute approximate surface area is 160 Å². The molecule has 5 nitrogen and oxygen atoms in total. The van der Waals surface area contributed by atoms with E-state index in [0.29, 0.717) is 31.9 Å². The average Bonchev–Trinajstić information content (AvgIpc) is 3.24. The zero-order valence-electron chi connectivity index (χ0n) is 15.6. The molecule has 1 heterocycles. The highest BCUT2D eigenvalue weighted by atomic mass is 16.5. The van der Waals surface area contributed by atoms with Crippen molar-refractivity contribution in [1.29, 1.82) is 0 Å². The molecule has 0 aliphatic carbocycles. The standard InChI is InChI=1S/C22H27NO4/c24-22(23-13-5-14-25-16-18-6-2-1-3-7-18)19-9-11-20(12-10-19)27-17-21-8-4-15-26-21/h1-3,6-7,9-12,21H,4-5,8,13-17H2,(H,23,24). The van der Waals surface area contributed by atoms with Crippen LogP contribution < -0.4 is 10.1 Å². The predicted octanol–water partition coefficient (Wildman–Crippen LogP) is 3.58. The van der Waals surface area contributed by atoms with E-state index >= 15 is 0 Å². The van der Waals surface area contributed by atoms with Gasteiger partial charge in [-0.3, -0.25) is 4.79 Å². The van der Waals surface area contributed by atoms with Crippen LogP contribution in [0.4, 0.5) is 0 Å². The molecule has 1 saturated heterocycles. The van der Waals surface area contributed by atoms with Crippen LogP contribution in [0.1, 0.15) is 35.2 Å². The van der Waals surface area contributed by atoms with Crippen LogP contribution >= 0.6 is 0 Å². The summed E-state index contributed by atoms with van der Waals surface area (Å²) in [5.41, 5.74) is 1.79. The fourth-order valence-electron chi connectivity index (χ4n) is 2.91. The van der Waals surface area contributed by atoms with Gasteiger partial charge in [-0.15, -0.1) is 0 Å². The fourth-order valence-corrected chi connectivity index (χ4v) is 2.91. The van der Waals surface area contributed by atoms with Crippen molar-refractivity contribution in [1.82, 2.24) is 5.32 Å². The molecule has 1 N–H and O–H groups in total. The molecule has 0 spiro atoms. The van der Waals surface area contributed by atoms with Gasteiger partial charge in [0, 0.05) is 25.3 Å². The lowest BCUT2D eigenvalue weighted by Gasteiger charge is -2.12. The molecule has 1 unspecified atom stereocenters. The van der Waals surface area contributed by atoms with E-state index in [9.17, 15) is 4.79 Å². The van der Waals surface area contributed by atoms with Crippen molar-refractivity contribution < 1.29 is 19.0 Å². The number of hydrogen-bond donors (Lipinski definition) is 1. The maximum Gasteiger partial charge on any atom is 0.251 e. The molecule has 0 radical (unpaired) electrons. The molecule has 0 aromatic heterocycles. The number of hydrogen-bond acceptors (Lipinski definition) is 4. The summed E-state index contributed by atoms with van der Waals surface area (Å²) in [7, 11) is 0. The monoisotopic (exact) mass is 369 g/mol. The molecule has 2 aromatic rings. The third-order valence-electron chi connectivity index (χ3n) is 4.44. The zero-order valence-corrected chi connectivity index (χ0v) is 15.6. The predicted molar refractivity (Wildman–Crippen MR) is 104 cm³/mol. The van der Waals surface area contributed by atoms with Crippen molar-refractivity contribution in [2.75, 3.05) is 26.4 Å². The van der Waals surface area contributed by atoms with E-state index < -0.39 is 0 Å². The highest BCUT2D eigenvalue weighted by molar-refractivity contribution is 5.94. The molecular weight excluding hydrogens is 342 g/mol. The molecule has 1 fully saturated rings. The van der Waals surface area contributed by atoms with Gasteiger partial charge < -0.3 is 19.5 Å². The van der Waals surface area contributed by atoms with Crippen LogP contribution in [0, 0.1) is 0 Å². The number of nitrogens with one attached hydrogen (secondary N) is 1. The summed E-state index contributed by atoms with van der Waals surface area (Å²) < 4.78 is 16.9. The third kappa shape index (κ3) is 6.70. The normalized spacial score (nSPS) is 16.2. The average molecular weight is 369 g/mol. The molecule has 144 valence electrons. The Morgan fingerprint density at radius 3 is 2.67 bits per heavy atom. The van der Waals surface area contributed by atoms with Crippen LogP contribution in [-0.4, -0.2) is 38.4 Å². The summed E-state index contributed by atoms with van der Waals surface area (Å²) in [6.07, 6.45) is 3.12. The van der Waals surface area contributed by atoms with E-state index in [1.807, 2.05) is 42.5 Å². The Kier molecular flexibility index (Phi) is 7.69. The van der Waals surface area contributed by atoms with Crippen molar-refractivity contribution in [3.8, 4) is 5.75 Å². The molecule has 1 aliphatic heterocycles. The minimum atomic E-state index is -0.0799. The number of ether oxygens (including phenoxy) is 3. The quantitative estimate of drug-likeness (QED) is 0.651. The van der Waals surface area contributed by atoms with Gasteiger partial charge in [-0.05, 0) is 49.1 Å². The minimum Gasteiger partial charge on any atom is -0.491 e. The second-order valence-electron chi connectivity index (χ2n) is 6.62. The van der Waals surface area contributed by atoms with Crippen LogP contribution in [0.25, 0.3) is 0 Å². The number of carbonyl (C=O) groups excluding carboxylic acids is 1. The van der Waals surface area contributed by atoms with Crippen LogP contribution in [0.3, 0.4) is 0 Å². The maximum absolute atomic E-state index is 12.2. The molecular formula is C22H27NO4. The van der Waals surface area contributed by atoms with Crippen LogP contribution in [0.15, 0.2) is 54.6 Å². The summed E-state index contributed by atoms with van der Waals surface area (Å²) in [6, 6.07) is 17.3. The van der Waals surface area contributed by atoms with Crippen LogP contribution in [-0.2, 0) is 16.1 Å². The first-order chi connectivity index (χ1) is 13.3. The van der Waals surface area contributed by atoms with Crippen LogP contribution in [0.5, 0.6) is 5.75 Å². The summed E-state index contributed by atoms with van der Waals surface area (Å²) in [5, 5.41) is 2.91. The molecule has 27 heavy (non-hydrogen) atoms. The summed E-state index contributed by atoms with van der Waals surface area (Å²) in [5.74, 6) is 0.681. The summed E-state index contributed by atoms with van der Waals surface area (Å²) >= 11 is 0. The Hall–Kier alpha value is -2.37. The molecule has 1 aliphatic rings. The Morgan fingerprint density at radius 2 is 1.93 bits per heavy atom. The highest BCUT2D eigenvalue weighted by Crippen LogP contribution is 2.16. The Bertz CT molecular complexity index is 681. The van der Waals surface area contributed by atoms with Gasteiger partial charge in [0.1, 0.15) is 12.4 Å². The first-order valence-electron chi connectivity index (χ1n) is 9.55. The lowest BCUT2D eigenvalue weighted by molar-refractivity contribution is 0.0679. The van der Waals surface area contributed by atoms with Gasteiger partial charge in [0.05, 0.1) is 12.7 Å². The van der Waals surface area contributed by atoms with E-state index in [2.05, 4.69) is 5.32 Å².